The van der Waals surface area contributed by atoms with Crippen molar-refractivity contribution < 1.29 is 33.4 Å². The average Bonchev–Trinajstić information content (AvgIpc) is 3.50. The van der Waals surface area contributed by atoms with E-state index in [1.807, 2.05) is 25.3 Å². The van der Waals surface area contributed by atoms with Crippen LogP contribution in [-0.2, 0) is 46.4 Å². The molecule has 4 aliphatic rings. The van der Waals surface area contributed by atoms with Crippen molar-refractivity contribution in [3.63, 3.8) is 0 Å². The first kappa shape index (κ1) is 41.6. The number of cyclic esters (lactones) is 1. The van der Waals surface area contributed by atoms with Gasteiger partial charge in [-0.2, -0.15) is 0 Å². The number of pyridine rings is 1. The maximum absolute atomic E-state index is 14.7. The standard InChI is InChI=1S/C43H52N7O7S.Al/c1-8-49-31-15-14-24-18-26(31)27(36(49)25-12-10-16-44-34(25)23(3)55-7)19-43(4,5)22-57-42(54)29-13-11-17-50(47-29)41(53)35(37(56-9-2)39-45-30(24)21-58-39)46-38(51)32-28-20-48(6)40(52)33(28)32;/h10,12,14-16,18,21,23,29,32-33,35,37,47H,8-9,11,13,17,19-20,22H2,1-7H3,(H,46,51);/t23-,29-,32+,33+,35-,37-;/m0./s1. The molecule has 7 atom stereocenters. The van der Waals surface area contributed by atoms with E-state index in [0.29, 0.717) is 49.6 Å². The number of benzene rings is 1. The maximum atomic E-state index is 14.7. The summed E-state index contributed by atoms with van der Waals surface area (Å²) < 4.78 is 20.0. The molecular weight excluding hydrogens is 786 g/mol. The third-order valence-electron chi connectivity index (χ3n) is 12.4. The molecule has 3 fully saturated rings. The summed E-state index contributed by atoms with van der Waals surface area (Å²) in [4.78, 5) is 67.1. The summed E-state index contributed by atoms with van der Waals surface area (Å²) in [5.74, 6) is -2.48. The molecule has 59 heavy (non-hydrogen) atoms. The SMILES string of the molecule is CCO[C@@H]1c2nc(cs2)-c2ccc3c(c2)c(c(-c2cccnc2[C@H](C)OC)n3CC)CC(C)(C)COC(=O)[C@@H]2CCCN(N2)C(=O)[C@H]1NC(=O)[C@H]1[C@@H]2C(=O)N(C)C[C@]12[Al]. The zero-order chi connectivity index (χ0) is 42.0. The molecular formula is C43H52AlN7O7S. The van der Waals surface area contributed by atoms with Crippen LogP contribution in [0, 0.1) is 17.3 Å². The molecule has 2 N–H and O–H groups in total. The number of rotatable bonds is 8. The predicted octanol–water partition coefficient (Wildman–Crippen LogP) is 4.78. The number of carbonyl (C=O) groups excluding carboxylic acids is 4. The molecule has 8 rings (SSSR count). The van der Waals surface area contributed by atoms with E-state index < -0.39 is 57.5 Å². The monoisotopic (exact) mass is 837 g/mol. The van der Waals surface area contributed by atoms with Crippen molar-refractivity contribution in [1.29, 1.82) is 0 Å². The first-order valence-electron chi connectivity index (χ1n) is 20.5. The predicted molar refractivity (Wildman–Crippen MR) is 223 cm³/mol. The molecule has 1 aromatic carbocycles. The van der Waals surface area contributed by atoms with Crippen LogP contribution >= 0.6 is 11.3 Å². The van der Waals surface area contributed by atoms with E-state index in [2.05, 4.69) is 76.6 Å². The molecule has 1 aliphatic carbocycles. The Morgan fingerprint density at radius 2 is 1.98 bits per heavy atom. The van der Waals surface area contributed by atoms with Crippen LogP contribution in [0.1, 0.15) is 75.9 Å². The highest BCUT2D eigenvalue weighted by Gasteiger charge is 2.71. The lowest BCUT2D eigenvalue weighted by molar-refractivity contribution is -0.156. The fraction of sp³-hybridized carbons (Fsp3) is 0.535. The van der Waals surface area contributed by atoms with Gasteiger partial charge in [-0.1, -0.05) is 24.2 Å². The van der Waals surface area contributed by atoms with Gasteiger partial charge in [-0.3, -0.25) is 29.2 Å². The van der Waals surface area contributed by atoms with Gasteiger partial charge in [0.1, 0.15) is 39.5 Å². The topological polar surface area (TPSA) is 157 Å². The van der Waals surface area contributed by atoms with Crippen LogP contribution in [0.3, 0.4) is 0 Å². The van der Waals surface area contributed by atoms with Crippen molar-refractivity contribution in [2.24, 2.45) is 17.3 Å². The summed E-state index contributed by atoms with van der Waals surface area (Å²) in [6.07, 6.45) is 2.17. The Kier molecular flexibility index (Phi) is 11.3. The minimum Gasteiger partial charge on any atom is -0.464 e. The molecule has 310 valence electrons. The van der Waals surface area contributed by atoms with Gasteiger partial charge in [0.05, 0.1) is 29.8 Å². The molecule has 6 heterocycles. The Bertz CT molecular complexity index is 2310. The van der Waals surface area contributed by atoms with Gasteiger partial charge in [-0.15, -0.1) is 11.3 Å². The fourth-order valence-electron chi connectivity index (χ4n) is 9.33. The summed E-state index contributed by atoms with van der Waals surface area (Å²) in [5, 5.41) is 7.95. The molecule has 1 saturated carbocycles. The van der Waals surface area contributed by atoms with Crippen LogP contribution in [0.25, 0.3) is 33.4 Å². The van der Waals surface area contributed by atoms with E-state index in [9.17, 15) is 19.2 Å². The first-order valence-corrected chi connectivity index (χ1v) is 22.0. The summed E-state index contributed by atoms with van der Waals surface area (Å²) in [5.41, 5.74) is 9.22. The number of thiazole rings is 1. The third-order valence-corrected chi connectivity index (χ3v) is 14.2. The number of piperidine rings is 1. The Morgan fingerprint density at radius 3 is 2.69 bits per heavy atom. The van der Waals surface area contributed by atoms with Gasteiger partial charge in [-0.05, 0) is 69.9 Å². The number of nitrogens with one attached hydrogen (secondary N) is 2. The van der Waals surface area contributed by atoms with Gasteiger partial charge in [0, 0.05) is 91.3 Å². The van der Waals surface area contributed by atoms with E-state index in [1.54, 1.807) is 25.3 Å². The highest BCUT2D eigenvalue weighted by atomic mass is 32.1. The summed E-state index contributed by atoms with van der Waals surface area (Å²) in [7, 11) is 3.42. The van der Waals surface area contributed by atoms with Crippen LogP contribution in [-0.4, -0.2) is 117 Å². The number of likely N-dealkylation sites (tertiary alicyclic amines) is 1. The molecule has 3 amide bonds. The Morgan fingerprint density at radius 1 is 1.19 bits per heavy atom. The van der Waals surface area contributed by atoms with Gasteiger partial charge < -0.3 is 29.0 Å². The van der Waals surface area contributed by atoms with Crippen molar-refractivity contribution in [1.82, 2.24) is 35.2 Å². The van der Waals surface area contributed by atoms with Crippen LogP contribution < -0.4 is 10.7 Å². The van der Waals surface area contributed by atoms with Crippen molar-refractivity contribution in [2.45, 2.75) is 89.0 Å². The highest BCUT2D eigenvalue weighted by molar-refractivity contribution is 7.10. The van der Waals surface area contributed by atoms with E-state index in [-0.39, 0.29) is 25.2 Å². The van der Waals surface area contributed by atoms with Gasteiger partial charge in [0.15, 0.2) is 0 Å². The van der Waals surface area contributed by atoms with Crippen molar-refractivity contribution in [3.8, 4) is 22.5 Å². The zero-order valence-electron chi connectivity index (χ0n) is 34.7. The number of hydrogen-bond donors (Lipinski definition) is 2. The normalized spacial score (nSPS) is 27.3. The molecule has 14 nitrogen and oxygen atoms in total. The molecule has 16 heteroatoms. The minimum absolute atomic E-state index is 0.0868. The van der Waals surface area contributed by atoms with Crippen molar-refractivity contribution in [3.05, 3.63) is 58.2 Å². The summed E-state index contributed by atoms with van der Waals surface area (Å²) >= 11 is 4.08. The van der Waals surface area contributed by atoms with Gasteiger partial charge in [0.2, 0.25) is 11.8 Å². The van der Waals surface area contributed by atoms with Gasteiger partial charge in [0.25, 0.3) is 5.91 Å². The Balaban J connectivity index is 1.26. The number of carbonyl (C=O) groups is 4. The quantitative estimate of drug-likeness (QED) is 0.187. The van der Waals surface area contributed by atoms with Crippen LogP contribution in [0.15, 0.2) is 41.9 Å². The van der Waals surface area contributed by atoms with Crippen molar-refractivity contribution in [2.75, 3.05) is 40.5 Å². The van der Waals surface area contributed by atoms with E-state index in [1.165, 1.54) is 16.3 Å². The first-order chi connectivity index (χ1) is 28.2. The molecule has 6 bridgehead atoms. The number of esters is 1. The minimum atomic E-state index is -1.21. The number of aryl methyl sites for hydroxylation is 1. The van der Waals surface area contributed by atoms with Crippen LogP contribution in [0.2, 0.25) is 4.28 Å². The third kappa shape index (κ3) is 7.40. The number of fused-ring (bicyclic) bond motifs is 7. The van der Waals surface area contributed by atoms with E-state index in [0.717, 1.165) is 39.0 Å². The average molecular weight is 838 g/mol. The van der Waals surface area contributed by atoms with Crippen molar-refractivity contribution >= 4 is 62.2 Å². The number of hydrazine groups is 1. The number of methoxy groups -OCH3 is 1. The smallest absolute Gasteiger partial charge is 0.324 e. The molecule has 3 aromatic heterocycles. The zero-order valence-corrected chi connectivity index (χ0v) is 36.7. The van der Waals surface area contributed by atoms with E-state index >= 15 is 0 Å². The molecule has 2 saturated heterocycles. The second-order valence-corrected chi connectivity index (χ2v) is 19.0. The van der Waals surface area contributed by atoms with Gasteiger partial charge >= 0.3 is 5.97 Å². The number of aromatic nitrogens is 3. The number of hydrogen-bond acceptors (Lipinski definition) is 11. The van der Waals surface area contributed by atoms with E-state index in [4.69, 9.17) is 24.2 Å². The second kappa shape index (κ2) is 16.0. The Hall–Kier alpha value is -4.17. The molecule has 0 unspecified atom stereocenters. The van der Waals surface area contributed by atoms with Gasteiger partial charge in [-0.25, -0.2) is 10.4 Å². The lowest BCUT2D eigenvalue weighted by Gasteiger charge is -2.37. The lowest BCUT2D eigenvalue weighted by atomic mass is 9.84. The summed E-state index contributed by atoms with van der Waals surface area (Å²) in [6.45, 7) is 12.0. The summed E-state index contributed by atoms with van der Waals surface area (Å²) in [6, 6.07) is 8.40. The lowest BCUT2D eigenvalue weighted by Crippen LogP contribution is -2.61. The number of amides is 3. The fourth-order valence-corrected chi connectivity index (χ4v) is 11.1. The van der Waals surface area contributed by atoms with Crippen LogP contribution in [0.4, 0.5) is 0 Å². The molecule has 0 spiro atoms. The highest BCUT2D eigenvalue weighted by Crippen LogP contribution is 2.67. The maximum Gasteiger partial charge on any atom is 0.324 e. The number of ether oxygens (including phenoxy) is 3. The van der Waals surface area contributed by atoms with Crippen LogP contribution in [0.5, 0.6) is 0 Å². The number of nitrogens with zero attached hydrogens (tertiary/aromatic N) is 5. The molecule has 2 radical (unpaired) electrons. The molecule has 3 aliphatic heterocycles. The second-order valence-electron chi connectivity index (χ2n) is 17.1. The Labute approximate surface area is 356 Å². The largest absolute Gasteiger partial charge is 0.464 e. The molecule has 4 aromatic rings.